The lowest BCUT2D eigenvalue weighted by Crippen LogP contribution is -2.38. The molecule has 0 aromatic carbocycles. The number of aliphatic hydroxyl groups is 1. The lowest BCUT2D eigenvalue weighted by Gasteiger charge is -2.26. The summed E-state index contributed by atoms with van der Waals surface area (Å²) in [5.74, 6) is 0. The number of aromatic nitrogens is 1. The van der Waals surface area contributed by atoms with Crippen LogP contribution in [-0.4, -0.2) is 28.8 Å². The zero-order chi connectivity index (χ0) is 13.6. The van der Waals surface area contributed by atoms with Gasteiger partial charge in [0.1, 0.15) is 0 Å². The van der Waals surface area contributed by atoms with Gasteiger partial charge in [0.25, 0.3) is 0 Å². The van der Waals surface area contributed by atoms with Crippen LogP contribution in [0.2, 0.25) is 0 Å². The molecule has 0 saturated heterocycles. The van der Waals surface area contributed by atoms with E-state index in [0.717, 1.165) is 0 Å². The molecule has 0 spiro atoms. The van der Waals surface area contributed by atoms with Gasteiger partial charge in [-0.05, 0) is 30.9 Å². The Morgan fingerprint density at radius 3 is 2.83 bits per heavy atom. The first-order valence-corrected chi connectivity index (χ1v) is 6.02. The molecule has 1 aromatic rings. The van der Waals surface area contributed by atoms with Gasteiger partial charge in [0.15, 0.2) is 0 Å². The molecule has 0 fully saturated rings. The second-order valence-electron chi connectivity index (χ2n) is 5.27. The number of urea groups is 1. The summed E-state index contributed by atoms with van der Waals surface area (Å²) >= 11 is 0. The highest BCUT2D eigenvalue weighted by atomic mass is 16.3. The molecule has 5 heteroatoms. The van der Waals surface area contributed by atoms with Crippen LogP contribution in [0.1, 0.15) is 27.2 Å². The van der Waals surface area contributed by atoms with Crippen molar-refractivity contribution in [1.82, 2.24) is 10.3 Å². The molecule has 1 rings (SSSR count). The van der Waals surface area contributed by atoms with E-state index in [2.05, 4.69) is 15.6 Å². The Kier molecular flexibility index (Phi) is 5.09. The number of anilines is 1. The molecule has 0 aliphatic carbocycles. The zero-order valence-corrected chi connectivity index (χ0v) is 11.1. The van der Waals surface area contributed by atoms with E-state index in [4.69, 9.17) is 0 Å². The Morgan fingerprint density at radius 1 is 1.56 bits per heavy atom. The number of nitrogens with one attached hydrogen (secondary N) is 2. The number of aliphatic hydroxyl groups excluding tert-OH is 1. The van der Waals surface area contributed by atoms with Crippen LogP contribution in [0.15, 0.2) is 24.5 Å². The van der Waals surface area contributed by atoms with Gasteiger partial charge in [-0.25, -0.2) is 4.79 Å². The van der Waals surface area contributed by atoms with Crippen LogP contribution >= 0.6 is 0 Å². The first-order chi connectivity index (χ1) is 8.39. The fraction of sp³-hybridized carbons (Fsp3) is 0.538. The Balaban J connectivity index is 2.37. The van der Waals surface area contributed by atoms with Crippen molar-refractivity contribution in [1.29, 1.82) is 0 Å². The monoisotopic (exact) mass is 251 g/mol. The molecule has 1 heterocycles. The van der Waals surface area contributed by atoms with E-state index >= 15 is 0 Å². The number of rotatable bonds is 5. The van der Waals surface area contributed by atoms with Crippen molar-refractivity contribution in [2.75, 3.05) is 11.9 Å². The highest BCUT2D eigenvalue weighted by Gasteiger charge is 2.20. The summed E-state index contributed by atoms with van der Waals surface area (Å²) < 4.78 is 0. The van der Waals surface area contributed by atoms with Crippen molar-refractivity contribution in [3.8, 4) is 0 Å². The average molecular weight is 251 g/mol. The van der Waals surface area contributed by atoms with E-state index in [-0.39, 0.29) is 17.6 Å². The molecule has 18 heavy (non-hydrogen) atoms. The van der Waals surface area contributed by atoms with E-state index in [1.165, 1.54) is 0 Å². The van der Waals surface area contributed by atoms with E-state index in [9.17, 15) is 9.90 Å². The van der Waals surface area contributed by atoms with Crippen LogP contribution in [0.25, 0.3) is 0 Å². The van der Waals surface area contributed by atoms with Crippen molar-refractivity contribution in [3.63, 3.8) is 0 Å². The van der Waals surface area contributed by atoms with Crippen LogP contribution in [-0.2, 0) is 0 Å². The van der Waals surface area contributed by atoms with Gasteiger partial charge in [0.05, 0.1) is 18.0 Å². The van der Waals surface area contributed by atoms with Crippen molar-refractivity contribution in [2.45, 2.75) is 33.3 Å². The molecule has 100 valence electrons. The lowest BCUT2D eigenvalue weighted by molar-refractivity contribution is 0.129. The van der Waals surface area contributed by atoms with E-state index < -0.39 is 0 Å². The second kappa shape index (κ2) is 6.35. The quantitative estimate of drug-likeness (QED) is 0.749. The lowest BCUT2D eigenvalue weighted by atomic mass is 9.87. The number of carbonyl (C=O) groups is 1. The molecule has 2 amide bonds. The maximum atomic E-state index is 11.6. The third-order valence-electron chi connectivity index (χ3n) is 2.49. The molecule has 0 radical (unpaired) electrons. The molecular formula is C13H21N3O2. The minimum atomic E-state index is -0.372. The summed E-state index contributed by atoms with van der Waals surface area (Å²) in [6, 6.07) is 3.27. The number of hydrogen-bond acceptors (Lipinski definition) is 3. The summed E-state index contributed by atoms with van der Waals surface area (Å²) in [6.45, 7) is 6.26. The predicted molar refractivity (Wildman–Crippen MR) is 71.3 cm³/mol. The maximum absolute atomic E-state index is 11.6. The molecule has 0 bridgehead atoms. The van der Waals surface area contributed by atoms with Crippen LogP contribution in [0, 0.1) is 5.41 Å². The van der Waals surface area contributed by atoms with E-state index in [0.29, 0.717) is 18.7 Å². The molecular weight excluding hydrogens is 230 g/mol. The number of hydrogen-bond donors (Lipinski definition) is 3. The molecule has 0 aliphatic rings. The van der Waals surface area contributed by atoms with Gasteiger partial charge < -0.3 is 15.7 Å². The Morgan fingerprint density at radius 2 is 2.28 bits per heavy atom. The van der Waals surface area contributed by atoms with Crippen molar-refractivity contribution < 1.29 is 9.90 Å². The van der Waals surface area contributed by atoms with Gasteiger partial charge >= 0.3 is 6.03 Å². The maximum Gasteiger partial charge on any atom is 0.319 e. The summed E-state index contributed by atoms with van der Waals surface area (Å²) in [5.41, 5.74) is 0.517. The van der Waals surface area contributed by atoms with Crippen molar-refractivity contribution in [3.05, 3.63) is 24.5 Å². The van der Waals surface area contributed by atoms with Crippen LogP contribution in [0.5, 0.6) is 0 Å². The summed E-state index contributed by atoms with van der Waals surface area (Å²) in [5, 5.41) is 14.8. The largest absolute Gasteiger partial charge is 0.393 e. The highest BCUT2D eigenvalue weighted by Crippen LogP contribution is 2.21. The summed E-state index contributed by atoms with van der Waals surface area (Å²) in [7, 11) is 0. The Bertz CT molecular complexity index is 377. The van der Waals surface area contributed by atoms with Crippen molar-refractivity contribution in [2.24, 2.45) is 5.41 Å². The first kappa shape index (κ1) is 14.4. The van der Waals surface area contributed by atoms with E-state index in [1.54, 1.807) is 31.5 Å². The number of pyridine rings is 1. The van der Waals surface area contributed by atoms with Gasteiger partial charge in [-0.1, -0.05) is 13.8 Å². The molecule has 1 atom stereocenters. The Labute approximate surface area is 108 Å². The molecule has 5 nitrogen and oxygen atoms in total. The number of nitrogens with zero attached hydrogens (tertiary/aromatic N) is 1. The zero-order valence-electron chi connectivity index (χ0n) is 11.1. The minimum Gasteiger partial charge on any atom is -0.393 e. The van der Waals surface area contributed by atoms with Gasteiger partial charge in [-0.15, -0.1) is 0 Å². The van der Waals surface area contributed by atoms with Crippen LogP contribution in [0.3, 0.4) is 0 Å². The third kappa shape index (κ3) is 5.63. The normalized spacial score (nSPS) is 12.9. The molecule has 0 aliphatic heterocycles. The SMILES string of the molecule is CC(O)CC(C)(C)CNC(=O)Nc1cccnc1. The van der Waals surface area contributed by atoms with Gasteiger partial charge in [-0.2, -0.15) is 0 Å². The average Bonchev–Trinajstić information content (AvgIpc) is 2.26. The highest BCUT2D eigenvalue weighted by molar-refractivity contribution is 5.88. The third-order valence-corrected chi connectivity index (χ3v) is 2.49. The van der Waals surface area contributed by atoms with Gasteiger partial charge in [0.2, 0.25) is 0 Å². The summed E-state index contributed by atoms with van der Waals surface area (Å²) in [4.78, 5) is 15.5. The van der Waals surface area contributed by atoms with Gasteiger partial charge in [-0.3, -0.25) is 4.98 Å². The summed E-state index contributed by atoms with van der Waals surface area (Å²) in [6.07, 6.45) is 3.50. The topological polar surface area (TPSA) is 74.2 Å². The fourth-order valence-corrected chi connectivity index (χ4v) is 1.80. The Hall–Kier alpha value is -1.62. The van der Waals surface area contributed by atoms with E-state index in [1.807, 2.05) is 13.8 Å². The number of carbonyl (C=O) groups excluding carboxylic acids is 1. The number of amides is 2. The van der Waals surface area contributed by atoms with Gasteiger partial charge in [0, 0.05) is 12.7 Å². The molecule has 1 unspecified atom stereocenters. The van der Waals surface area contributed by atoms with Crippen LogP contribution in [0.4, 0.5) is 10.5 Å². The van der Waals surface area contributed by atoms with Crippen molar-refractivity contribution >= 4 is 11.7 Å². The molecule has 0 saturated carbocycles. The first-order valence-electron chi connectivity index (χ1n) is 6.02. The predicted octanol–water partition coefficient (Wildman–Crippen LogP) is 2.00. The fourth-order valence-electron chi connectivity index (χ4n) is 1.80. The van der Waals surface area contributed by atoms with Crippen LogP contribution < -0.4 is 10.6 Å². The molecule has 1 aromatic heterocycles. The smallest absolute Gasteiger partial charge is 0.319 e. The minimum absolute atomic E-state index is 0.138. The molecule has 3 N–H and O–H groups in total. The second-order valence-corrected chi connectivity index (χ2v) is 5.27. The standard InChI is InChI=1S/C13H21N3O2/c1-10(17)7-13(2,3)9-15-12(18)16-11-5-4-6-14-8-11/h4-6,8,10,17H,7,9H2,1-3H3,(H2,15,16,18).